The number of pyridine rings is 1. The summed E-state index contributed by atoms with van der Waals surface area (Å²) >= 11 is 0. The van der Waals surface area contributed by atoms with Gasteiger partial charge >= 0.3 is 0 Å². The van der Waals surface area contributed by atoms with Gasteiger partial charge in [0.05, 0.1) is 0 Å². The highest BCUT2D eigenvalue weighted by atomic mass is 19.2. The van der Waals surface area contributed by atoms with E-state index in [1.54, 1.807) is 36.5 Å². The van der Waals surface area contributed by atoms with Crippen molar-refractivity contribution in [3.63, 3.8) is 0 Å². The smallest absolute Gasteiger partial charge is 0.255 e. The number of aromatic nitrogens is 3. The zero-order valence-electron chi connectivity index (χ0n) is 16.9. The maximum Gasteiger partial charge on any atom is 0.255 e. The number of carbonyl (C=O) groups excluding carboxylic acids is 1. The number of aryl methyl sites for hydroxylation is 1. The number of rotatable bonds is 6. The summed E-state index contributed by atoms with van der Waals surface area (Å²) in [6, 6.07) is 15.4. The molecule has 0 fully saturated rings. The average Bonchev–Trinajstić information content (AvgIpc) is 2.77. The fourth-order valence-electron chi connectivity index (χ4n) is 2.86. The number of nitrogens with zero attached hydrogens (tertiary/aromatic N) is 3. The van der Waals surface area contributed by atoms with Gasteiger partial charge in [-0.2, -0.15) is 0 Å². The van der Waals surface area contributed by atoms with Crippen LogP contribution in [-0.4, -0.2) is 20.9 Å². The van der Waals surface area contributed by atoms with Crippen LogP contribution in [0.3, 0.4) is 0 Å². The molecule has 1 amide bonds. The first-order valence-corrected chi connectivity index (χ1v) is 9.61. The molecule has 0 saturated carbocycles. The molecule has 3 N–H and O–H groups in total. The van der Waals surface area contributed by atoms with Gasteiger partial charge in [-0.15, -0.1) is 0 Å². The first-order chi connectivity index (χ1) is 15.5. The van der Waals surface area contributed by atoms with Crippen LogP contribution >= 0.6 is 0 Å². The van der Waals surface area contributed by atoms with Crippen molar-refractivity contribution in [2.24, 2.45) is 0 Å². The third-order valence-electron chi connectivity index (χ3n) is 4.44. The predicted molar refractivity (Wildman–Crippen MR) is 118 cm³/mol. The van der Waals surface area contributed by atoms with Crippen LogP contribution in [0.25, 0.3) is 0 Å². The van der Waals surface area contributed by atoms with Crippen molar-refractivity contribution in [3.05, 3.63) is 95.9 Å². The molecule has 9 heteroatoms. The van der Waals surface area contributed by atoms with Crippen molar-refractivity contribution in [1.29, 1.82) is 0 Å². The topological polar surface area (TPSA) is 91.8 Å². The standard InChI is InChI=1S/C23H18F2N6O/c1-14-8-9-26-20(10-14)31-22-12-21(27-13-28-22)29-16-3-5-17(6-4-16)30-23(32)15-2-7-18(24)19(25)11-15/h2-13H,1H3,(H,30,32)(H2,26,27,28,29,31). The van der Waals surface area contributed by atoms with Crippen LogP contribution in [0.5, 0.6) is 0 Å². The Balaban J connectivity index is 1.40. The highest BCUT2D eigenvalue weighted by Gasteiger charge is 2.10. The van der Waals surface area contributed by atoms with Crippen LogP contribution in [-0.2, 0) is 0 Å². The van der Waals surface area contributed by atoms with Crippen molar-refractivity contribution in [2.45, 2.75) is 6.92 Å². The van der Waals surface area contributed by atoms with E-state index in [4.69, 9.17) is 0 Å². The largest absolute Gasteiger partial charge is 0.340 e. The van der Waals surface area contributed by atoms with Crippen LogP contribution in [0.2, 0.25) is 0 Å². The Morgan fingerprint density at radius 2 is 1.44 bits per heavy atom. The van der Waals surface area contributed by atoms with Gasteiger partial charge in [0.1, 0.15) is 23.8 Å². The quantitative estimate of drug-likeness (QED) is 0.388. The molecule has 0 aliphatic heterocycles. The third kappa shape index (κ3) is 5.20. The number of anilines is 5. The molecule has 2 aromatic carbocycles. The van der Waals surface area contributed by atoms with Crippen LogP contribution < -0.4 is 16.0 Å². The van der Waals surface area contributed by atoms with E-state index in [9.17, 15) is 13.6 Å². The minimum atomic E-state index is -1.07. The van der Waals surface area contributed by atoms with Gasteiger partial charge in [0.2, 0.25) is 0 Å². The molecule has 0 aliphatic carbocycles. The molecule has 0 saturated heterocycles. The Morgan fingerprint density at radius 1 is 0.750 bits per heavy atom. The van der Waals surface area contributed by atoms with E-state index in [-0.39, 0.29) is 5.56 Å². The first kappa shape index (κ1) is 20.9. The third-order valence-corrected chi connectivity index (χ3v) is 4.44. The predicted octanol–water partition coefficient (Wildman–Crippen LogP) is 5.20. The van der Waals surface area contributed by atoms with Crippen molar-refractivity contribution in [1.82, 2.24) is 15.0 Å². The van der Waals surface area contributed by atoms with Crippen LogP contribution in [0, 0.1) is 18.6 Å². The molecule has 160 valence electrons. The van der Waals surface area contributed by atoms with E-state index >= 15 is 0 Å². The van der Waals surface area contributed by atoms with E-state index < -0.39 is 17.5 Å². The van der Waals surface area contributed by atoms with Gasteiger partial charge in [-0.05, 0) is 67.1 Å². The number of nitrogens with one attached hydrogen (secondary N) is 3. The van der Waals surface area contributed by atoms with Gasteiger partial charge in [-0.3, -0.25) is 4.79 Å². The number of amides is 1. The number of hydrogen-bond donors (Lipinski definition) is 3. The Hall–Kier alpha value is -4.40. The molecule has 0 bridgehead atoms. The lowest BCUT2D eigenvalue weighted by molar-refractivity contribution is 0.102. The summed E-state index contributed by atoms with van der Waals surface area (Å²) in [5.74, 6) is -0.800. The fourth-order valence-corrected chi connectivity index (χ4v) is 2.86. The van der Waals surface area contributed by atoms with E-state index in [1.807, 2.05) is 19.1 Å². The number of halogens is 2. The van der Waals surface area contributed by atoms with Crippen molar-refractivity contribution >= 4 is 34.7 Å². The second-order valence-corrected chi connectivity index (χ2v) is 6.92. The lowest BCUT2D eigenvalue weighted by Crippen LogP contribution is -2.12. The van der Waals surface area contributed by atoms with Crippen LogP contribution in [0.4, 0.5) is 37.6 Å². The average molecular weight is 432 g/mol. The lowest BCUT2D eigenvalue weighted by atomic mass is 10.2. The molecular weight excluding hydrogens is 414 g/mol. The lowest BCUT2D eigenvalue weighted by Gasteiger charge is -2.10. The first-order valence-electron chi connectivity index (χ1n) is 9.61. The van der Waals surface area contributed by atoms with Crippen molar-refractivity contribution in [3.8, 4) is 0 Å². The van der Waals surface area contributed by atoms with Gasteiger partial charge in [0.25, 0.3) is 5.91 Å². The molecule has 0 aliphatic rings. The molecule has 2 heterocycles. The number of carbonyl (C=O) groups is 1. The van der Waals surface area contributed by atoms with Gasteiger partial charge < -0.3 is 16.0 Å². The van der Waals surface area contributed by atoms with Gasteiger partial charge in [-0.25, -0.2) is 23.7 Å². The Morgan fingerprint density at radius 3 is 2.16 bits per heavy atom. The van der Waals surface area contributed by atoms with E-state index in [1.165, 1.54) is 12.4 Å². The summed E-state index contributed by atoms with van der Waals surface area (Å²) < 4.78 is 26.4. The van der Waals surface area contributed by atoms with E-state index in [0.717, 1.165) is 23.4 Å². The van der Waals surface area contributed by atoms with Crippen molar-refractivity contribution < 1.29 is 13.6 Å². The second kappa shape index (κ2) is 9.17. The number of hydrogen-bond acceptors (Lipinski definition) is 6. The zero-order chi connectivity index (χ0) is 22.5. The molecule has 0 spiro atoms. The van der Waals surface area contributed by atoms with Gasteiger partial charge in [-0.1, -0.05) is 0 Å². The highest BCUT2D eigenvalue weighted by molar-refractivity contribution is 6.04. The number of benzene rings is 2. The molecule has 32 heavy (non-hydrogen) atoms. The van der Waals surface area contributed by atoms with Crippen LogP contribution in [0.1, 0.15) is 15.9 Å². The summed E-state index contributed by atoms with van der Waals surface area (Å²) in [7, 11) is 0. The summed E-state index contributed by atoms with van der Waals surface area (Å²) in [6.07, 6.45) is 3.14. The minimum Gasteiger partial charge on any atom is -0.340 e. The SMILES string of the molecule is Cc1ccnc(Nc2cc(Nc3ccc(NC(=O)c4ccc(F)c(F)c4)cc3)ncn2)c1. The molecule has 0 atom stereocenters. The Bertz CT molecular complexity index is 1260. The summed E-state index contributed by atoms with van der Waals surface area (Å²) in [5, 5.41) is 8.92. The molecule has 0 radical (unpaired) electrons. The fraction of sp³-hybridized carbons (Fsp3) is 0.0435. The Kier molecular flexibility index (Phi) is 5.98. The molecule has 0 unspecified atom stereocenters. The van der Waals surface area contributed by atoms with E-state index in [2.05, 4.69) is 30.9 Å². The van der Waals surface area contributed by atoms with Crippen LogP contribution in [0.15, 0.2) is 73.2 Å². The molecule has 7 nitrogen and oxygen atoms in total. The maximum absolute atomic E-state index is 13.3. The van der Waals surface area contributed by atoms with Crippen molar-refractivity contribution in [2.75, 3.05) is 16.0 Å². The van der Waals surface area contributed by atoms with Gasteiger partial charge in [0, 0.05) is 29.2 Å². The maximum atomic E-state index is 13.3. The summed E-state index contributed by atoms with van der Waals surface area (Å²) in [4.78, 5) is 24.9. The molecule has 2 aromatic heterocycles. The Labute approximate surface area is 182 Å². The normalized spacial score (nSPS) is 10.5. The van der Waals surface area contributed by atoms with Gasteiger partial charge in [0.15, 0.2) is 11.6 Å². The molecular formula is C23H18F2N6O. The molecule has 4 aromatic rings. The molecule has 4 rings (SSSR count). The minimum absolute atomic E-state index is 0.0233. The highest BCUT2D eigenvalue weighted by Crippen LogP contribution is 2.21. The second-order valence-electron chi connectivity index (χ2n) is 6.92. The van der Waals surface area contributed by atoms with E-state index in [0.29, 0.717) is 23.1 Å². The monoisotopic (exact) mass is 432 g/mol. The summed E-state index contributed by atoms with van der Waals surface area (Å²) in [5.41, 5.74) is 2.33. The zero-order valence-corrected chi connectivity index (χ0v) is 16.9. The summed E-state index contributed by atoms with van der Waals surface area (Å²) in [6.45, 7) is 1.98.